The van der Waals surface area contributed by atoms with Gasteiger partial charge in [0.15, 0.2) is 0 Å². The number of nitrogens with one attached hydrogen (secondary N) is 1. The van der Waals surface area contributed by atoms with Crippen molar-refractivity contribution in [3.63, 3.8) is 0 Å². The van der Waals surface area contributed by atoms with Crippen molar-refractivity contribution in [2.24, 2.45) is 5.92 Å². The molecule has 0 atom stereocenters. The zero-order chi connectivity index (χ0) is 10.2. The summed E-state index contributed by atoms with van der Waals surface area (Å²) in [5.74, 6) is 3.57. The molecule has 2 heteroatoms. The number of likely N-dealkylation sites (N-methyl/N-ethyl adjacent to an activating group) is 1. The Morgan fingerprint density at radius 3 is 2.79 bits per heavy atom. The third-order valence-electron chi connectivity index (χ3n) is 3.02. The monoisotopic (exact) mass is 194 g/mol. The van der Waals surface area contributed by atoms with Gasteiger partial charge in [0, 0.05) is 19.6 Å². The van der Waals surface area contributed by atoms with E-state index in [1.807, 2.05) is 0 Å². The van der Waals surface area contributed by atoms with Gasteiger partial charge < -0.3 is 10.2 Å². The standard InChI is InChI=1S/C12H22N2/c1-3-8-13-9-10-14(4-2)11-12-6-5-7-12/h1,12-13H,4-11H2,2H3. The molecule has 0 spiro atoms. The molecule has 0 bridgehead atoms. The molecule has 0 aromatic rings. The van der Waals surface area contributed by atoms with Crippen LogP contribution in [0.3, 0.4) is 0 Å². The van der Waals surface area contributed by atoms with Crippen molar-refractivity contribution in [3.8, 4) is 12.3 Å². The summed E-state index contributed by atoms with van der Waals surface area (Å²) in [6.07, 6.45) is 9.48. The SMILES string of the molecule is C#CCNCCN(CC)CC1CCC1. The Kier molecular flexibility index (Phi) is 5.66. The maximum absolute atomic E-state index is 5.16. The first kappa shape index (κ1) is 11.6. The maximum atomic E-state index is 5.16. The fraction of sp³-hybridized carbons (Fsp3) is 0.833. The first-order valence-corrected chi connectivity index (χ1v) is 5.73. The van der Waals surface area contributed by atoms with Gasteiger partial charge in [-0.2, -0.15) is 0 Å². The topological polar surface area (TPSA) is 15.3 Å². The van der Waals surface area contributed by atoms with E-state index in [0.29, 0.717) is 6.54 Å². The summed E-state index contributed by atoms with van der Waals surface area (Å²) >= 11 is 0. The quantitative estimate of drug-likeness (QED) is 0.486. The fourth-order valence-corrected chi connectivity index (χ4v) is 1.82. The molecule has 0 aromatic heterocycles. The van der Waals surface area contributed by atoms with Crippen molar-refractivity contribution in [2.75, 3.05) is 32.7 Å². The van der Waals surface area contributed by atoms with E-state index in [1.165, 1.54) is 25.8 Å². The highest BCUT2D eigenvalue weighted by molar-refractivity contribution is 4.86. The van der Waals surface area contributed by atoms with Crippen LogP contribution in [0.25, 0.3) is 0 Å². The van der Waals surface area contributed by atoms with Crippen molar-refractivity contribution >= 4 is 0 Å². The van der Waals surface area contributed by atoms with E-state index in [-0.39, 0.29) is 0 Å². The summed E-state index contributed by atoms with van der Waals surface area (Å²) in [5.41, 5.74) is 0. The second-order valence-corrected chi connectivity index (χ2v) is 4.07. The molecule has 0 aliphatic heterocycles. The van der Waals surface area contributed by atoms with Crippen molar-refractivity contribution in [1.82, 2.24) is 10.2 Å². The molecule has 1 aliphatic rings. The third kappa shape index (κ3) is 4.13. The molecular weight excluding hydrogens is 172 g/mol. The molecule has 1 rings (SSSR count). The van der Waals surface area contributed by atoms with Crippen LogP contribution in [0.15, 0.2) is 0 Å². The lowest BCUT2D eigenvalue weighted by atomic mass is 9.85. The number of terminal acetylenes is 1. The Morgan fingerprint density at radius 1 is 1.50 bits per heavy atom. The molecule has 1 N–H and O–H groups in total. The second kappa shape index (κ2) is 6.86. The Labute approximate surface area is 88.1 Å². The van der Waals surface area contributed by atoms with E-state index in [0.717, 1.165) is 25.6 Å². The van der Waals surface area contributed by atoms with Gasteiger partial charge in [-0.05, 0) is 25.3 Å². The molecule has 2 nitrogen and oxygen atoms in total. The predicted molar refractivity (Wildman–Crippen MR) is 61.2 cm³/mol. The van der Waals surface area contributed by atoms with E-state index >= 15 is 0 Å². The van der Waals surface area contributed by atoms with Crippen molar-refractivity contribution in [1.29, 1.82) is 0 Å². The predicted octanol–water partition coefficient (Wildman–Crippen LogP) is 1.33. The van der Waals surface area contributed by atoms with Gasteiger partial charge in [0.25, 0.3) is 0 Å². The average molecular weight is 194 g/mol. The smallest absolute Gasteiger partial charge is 0.0574 e. The third-order valence-corrected chi connectivity index (χ3v) is 3.02. The Morgan fingerprint density at radius 2 is 2.29 bits per heavy atom. The van der Waals surface area contributed by atoms with Crippen LogP contribution in [0.5, 0.6) is 0 Å². The highest BCUT2D eigenvalue weighted by Crippen LogP contribution is 2.26. The first-order valence-electron chi connectivity index (χ1n) is 5.73. The van der Waals surface area contributed by atoms with Gasteiger partial charge in [-0.15, -0.1) is 6.42 Å². The molecule has 0 unspecified atom stereocenters. The summed E-state index contributed by atoms with van der Waals surface area (Å²) in [6, 6.07) is 0. The fourth-order valence-electron chi connectivity index (χ4n) is 1.82. The molecule has 14 heavy (non-hydrogen) atoms. The highest BCUT2D eigenvalue weighted by atomic mass is 15.1. The molecule has 1 fully saturated rings. The zero-order valence-corrected chi connectivity index (χ0v) is 9.26. The summed E-state index contributed by atoms with van der Waals surface area (Å²) in [7, 11) is 0. The van der Waals surface area contributed by atoms with Crippen molar-refractivity contribution in [3.05, 3.63) is 0 Å². The van der Waals surface area contributed by atoms with Crippen LogP contribution in [-0.4, -0.2) is 37.6 Å². The van der Waals surface area contributed by atoms with E-state index in [1.54, 1.807) is 0 Å². The molecule has 0 radical (unpaired) electrons. The lowest BCUT2D eigenvalue weighted by Crippen LogP contribution is -2.37. The minimum Gasteiger partial charge on any atom is -0.305 e. The first-order chi connectivity index (χ1) is 6.86. The van der Waals surface area contributed by atoms with E-state index < -0.39 is 0 Å². The van der Waals surface area contributed by atoms with Crippen LogP contribution in [-0.2, 0) is 0 Å². The van der Waals surface area contributed by atoms with Gasteiger partial charge in [0.1, 0.15) is 0 Å². The van der Waals surface area contributed by atoms with E-state index in [2.05, 4.69) is 23.1 Å². The lowest BCUT2D eigenvalue weighted by molar-refractivity contribution is 0.185. The van der Waals surface area contributed by atoms with E-state index in [4.69, 9.17) is 6.42 Å². The molecule has 1 aliphatic carbocycles. The van der Waals surface area contributed by atoms with Gasteiger partial charge >= 0.3 is 0 Å². The number of hydrogen-bond acceptors (Lipinski definition) is 2. The summed E-state index contributed by atoms with van der Waals surface area (Å²) < 4.78 is 0. The second-order valence-electron chi connectivity index (χ2n) is 4.07. The summed E-state index contributed by atoms with van der Waals surface area (Å²) in [5, 5.41) is 3.23. The lowest BCUT2D eigenvalue weighted by Gasteiger charge is -2.31. The molecule has 0 aromatic carbocycles. The minimum absolute atomic E-state index is 0.695. The van der Waals surface area contributed by atoms with Crippen molar-refractivity contribution in [2.45, 2.75) is 26.2 Å². The van der Waals surface area contributed by atoms with Gasteiger partial charge in [-0.3, -0.25) is 0 Å². The minimum atomic E-state index is 0.695. The van der Waals surface area contributed by atoms with Gasteiger partial charge in [0.05, 0.1) is 6.54 Å². The highest BCUT2D eigenvalue weighted by Gasteiger charge is 2.19. The van der Waals surface area contributed by atoms with E-state index in [9.17, 15) is 0 Å². The molecule has 0 saturated heterocycles. The number of nitrogens with zero attached hydrogens (tertiary/aromatic N) is 1. The van der Waals surface area contributed by atoms with Crippen LogP contribution < -0.4 is 5.32 Å². The maximum Gasteiger partial charge on any atom is 0.0574 e. The summed E-state index contributed by atoms with van der Waals surface area (Å²) in [4.78, 5) is 2.52. The number of rotatable bonds is 7. The van der Waals surface area contributed by atoms with Crippen LogP contribution in [0.1, 0.15) is 26.2 Å². The molecular formula is C12H22N2. The Balaban J connectivity index is 2.02. The van der Waals surface area contributed by atoms with Crippen LogP contribution >= 0.6 is 0 Å². The van der Waals surface area contributed by atoms with Crippen LogP contribution in [0, 0.1) is 18.3 Å². The summed E-state index contributed by atoms with van der Waals surface area (Å²) in [6.45, 7) is 7.53. The zero-order valence-electron chi connectivity index (χ0n) is 9.26. The molecule has 1 saturated carbocycles. The Hall–Kier alpha value is -0.520. The largest absolute Gasteiger partial charge is 0.305 e. The average Bonchev–Trinajstić information content (AvgIpc) is 2.14. The van der Waals surface area contributed by atoms with Crippen LogP contribution in [0.2, 0.25) is 0 Å². The van der Waals surface area contributed by atoms with Gasteiger partial charge in [0.2, 0.25) is 0 Å². The van der Waals surface area contributed by atoms with Crippen LogP contribution in [0.4, 0.5) is 0 Å². The normalized spacial score (nSPS) is 16.6. The molecule has 0 heterocycles. The Bertz CT molecular complexity index is 179. The van der Waals surface area contributed by atoms with Gasteiger partial charge in [-0.25, -0.2) is 0 Å². The van der Waals surface area contributed by atoms with Gasteiger partial charge in [-0.1, -0.05) is 19.3 Å². The molecule has 0 amide bonds. The number of hydrogen-bond donors (Lipinski definition) is 1. The molecule has 80 valence electrons. The van der Waals surface area contributed by atoms with Crippen molar-refractivity contribution < 1.29 is 0 Å².